The van der Waals surface area contributed by atoms with Gasteiger partial charge in [0.15, 0.2) is 11.5 Å². The number of nitrogens with one attached hydrogen (secondary N) is 2. The molecule has 0 bridgehead atoms. The standard InChI is InChI=1S/C23H22ClFN2O5S/c1-31-21-11-9-17(14-22(21)32-2)33(29,30)27-20(12-15-6-4-3-5-7-15)23(28)26-16-8-10-19(25)18(24)13-16/h3-11,13-14,20,27H,12H2,1-2H3,(H,26,28). The monoisotopic (exact) mass is 492 g/mol. The number of halogens is 2. The second-order valence-electron chi connectivity index (χ2n) is 7.00. The third kappa shape index (κ3) is 6.22. The lowest BCUT2D eigenvalue weighted by molar-refractivity contribution is -0.117. The maximum absolute atomic E-state index is 13.5. The Balaban J connectivity index is 1.90. The fraction of sp³-hybridized carbons (Fsp3) is 0.174. The third-order valence-electron chi connectivity index (χ3n) is 4.75. The molecule has 0 heterocycles. The molecule has 0 radical (unpaired) electrons. The molecule has 0 aromatic heterocycles. The number of benzene rings is 3. The van der Waals surface area contributed by atoms with Gasteiger partial charge in [-0.25, -0.2) is 12.8 Å². The summed E-state index contributed by atoms with van der Waals surface area (Å²) >= 11 is 5.79. The van der Waals surface area contributed by atoms with Crippen LogP contribution in [-0.4, -0.2) is 34.6 Å². The number of methoxy groups -OCH3 is 2. The largest absolute Gasteiger partial charge is 0.493 e. The summed E-state index contributed by atoms with van der Waals surface area (Å²) in [5, 5.41) is 2.42. The fourth-order valence-electron chi connectivity index (χ4n) is 3.08. The van der Waals surface area contributed by atoms with Crippen LogP contribution in [0.2, 0.25) is 5.02 Å². The van der Waals surface area contributed by atoms with Gasteiger partial charge in [-0.3, -0.25) is 4.79 Å². The predicted molar refractivity (Wildman–Crippen MR) is 124 cm³/mol. The molecule has 0 saturated carbocycles. The number of carbonyl (C=O) groups excluding carboxylic acids is 1. The van der Waals surface area contributed by atoms with E-state index in [0.29, 0.717) is 5.75 Å². The lowest BCUT2D eigenvalue weighted by Gasteiger charge is -2.19. The Hall–Kier alpha value is -3.14. The summed E-state index contributed by atoms with van der Waals surface area (Å²) < 4.78 is 52.4. The first-order valence-electron chi connectivity index (χ1n) is 9.77. The van der Waals surface area contributed by atoms with E-state index < -0.39 is 27.8 Å². The van der Waals surface area contributed by atoms with E-state index >= 15 is 0 Å². The Morgan fingerprint density at radius 3 is 2.33 bits per heavy atom. The summed E-state index contributed by atoms with van der Waals surface area (Å²) in [6.45, 7) is 0. The van der Waals surface area contributed by atoms with Gasteiger partial charge in [0.25, 0.3) is 0 Å². The third-order valence-corrected chi connectivity index (χ3v) is 6.51. The van der Waals surface area contributed by atoms with Crippen LogP contribution in [0.5, 0.6) is 11.5 Å². The molecule has 0 aliphatic carbocycles. The van der Waals surface area contributed by atoms with Gasteiger partial charge in [0.1, 0.15) is 11.9 Å². The summed E-state index contributed by atoms with van der Waals surface area (Å²) in [5.41, 5.74) is 0.972. The highest BCUT2D eigenvalue weighted by Crippen LogP contribution is 2.29. The van der Waals surface area contributed by atoms with E-state index in [0.717, 1.165) is 11.6 Å². The first-order valence-corrected chi connectivity index (χ1v) is 11.6. The van der Waals surface area contributed by atoms with Crippen LogP contribution in [-0.2, 0) is 21.2 Å². The smallest absolute Gasteiger partial charge is 0.242 e. The Kier molecular flexibility index (Phi) is 7.91. The number of sulfonamides is 1. The van der Waals surface area contributed by atoms with Crippen molar-refractivity contribution in [3.63, 3.8) is 0 Å². The molecule has 0 saturated heterocycles. The number of amides is 1. The van der Waals surface area contributed by atoms with Crippen LogP contribution in [0.1, 0.15) is 5.56 Å². The normalized spacial score (nSPS) is 12.1. The molecule has 2 N–H and O–H groups in total. The molecule has 3 rings (SSSR count). The quantitative estimate of drug-likeness (QED) is 0.470. The molecule has 10 heteroatoms. The number of hydrogen-bond donors (Lipinski definition) is 2. The van der Waals surface area contributed by atoms with Crippen molar-refractivity contribution in [3.05, 3.63) is 83.1 Å². The van der Waals surface area contributed by atoms with Crippen LogP contribution in [0, 0.1) is 5.82 Å². The molecule has 7 nitrogen and oxygen atoms in total. The van der Waals surface area contributed by atoms with E-state index in [9.17, 15) is 17.6 Å². The van der Waals surface area contributed by atoms with Crippen molar-refractivity contribution in [3.8, 4) is 11.5 Å². The topological polar surface area (TPSA) is 93.7 Å². The number of hydrogen-bond acceptors (Lipinski definition) is 5. The zero-order valence-corrected chi connectivity index (χ0v) is 19.4. The van der Waals surface area contributed by atoms with Crippen LogP contribution < -0.4 is 19.5 Å². The van der Waals surface area contributed by atoms with Gasteiger partial charge < -0.3 is 14.8 Å². The van der Waals surface area contributed by atoms with Crippen LogP contribution in [0.15, 0.2) is 71.6 Å². The minimum Gasteiger partial charge on any atom is -0.493 e. The minimum absolute atomic E-state index is 0.0775. The maximum atomic E-state index is 13.5. The van der Waals surface area contributed by atoms with Crippen molar-refractivity contribution in [1.82, 2.24) is 4.72 Å². The van der Waals surface area contributed by atoms with E-state index in [-0.39, 0.29) is 27.8 Å². The first-order chi connectivity index (χ1) is 15.7. The van der Waals surface area contributed by atoms with Gasteiger partial charge in [-0.15, -0.1) is 0 Å². The molecule has 0 spiro atoms. The minimum atomic E-state index is -4.12. The SMILES string of the molecule is COc1ccc(S(=O)(=O)NC(Cc2ccccc2)C(=O)Nc2ccc(F)c(Cl)c2)cc1OC. The van der Waals surface area contributed by atoms with Gasteiger partial charge >= 0.3 is 0 Å². The van der Waals surface area contributed by atoms with Gasteiger partial charge in [-0.2, -0.15) is 4.72 Å². The molecule has 1 atom stereocenters. The van der Waals surface area contributed by atoms with Gasteiger partial charge in [0.2, 0.25) is 15.9 Å². The molecular weight excluding hydrogens is 471 g/mol. The molecule has 1 amide bonds. The fourth-order valence-corrected chi connectivity index (χ4v) is 4.47. The molecule has 174 valence electrons. The zero-order valence-electron chi connectivity index (χ0n) is 17.8. The van der Waals surface area contributed by atoms with Crippen LogP contribution in [0.3, 0.4) is 0 Å². The van der Waals surface area contributed by atoms with E-state index in [2.05, 4.69) is 10.0 Å². The van der Waals surface area contributed by atoms with E-state index in [4.69, 9.17) is 21.1 Å². The maximum Gasteiger partial charge on any atom is 0.242 e. The van der Waals surface area contributed by atoms with E-state index in [1.165, 1.54) is 44.6 Å². The van der Waals surface area contributed by atoms with E-state index in [1.54, 1.807) is 24.3 Å². The molecule has 33 heavy (non-hydrogen) atoms. The van der Waals surface area contributed by atoms with Crippen LogP contribution >= 0.6 is 11.6 Å². The lowest BCUT2D eigenvalue weighted by Crippen LogP contribution is -2.45. The number of carbonyl (C=O) groups is 1. The molecule has 3 aromatic carbocycles. The summed E-state index contributed by atoms with van der Waals surface area (Å²) in [7, 11) is -1.30. The van der Waals surface area contributed by atoms with Gasteiger partial charge in [-0.05, 0) is 42.3 Å². The molecule has 1 unspecified atom stereocenters. The highest BCUT2D eigenvalue weighted by atomic mass is 35.5. The zero-order chi connectivity index (χ0) is 24.0. The number of rotatable bonds is 9. The Morgan fingerprint density at radius 1 is 1.00 bits per heavy atom. The molecular formula is C23H22ClFN2O5S. The van der Waals surface area contributed by atoms with Crippen molar-refractivity contribution in [2.75, 3.05) is 19.5 Å². The Morgan fingerprint density at radius 2 is 1.70 bits per heavy atom. The molecule has 0 fully saturated rings. The van der Waals surface area contributed by atoms with Crippen LogP contribution in [0.4, 0.5) is 10.1 Å². The van der Waals surface area contributed by atoms with Crippen LogP contribution in [0.25, 0.3) is 0 Å². The summed E-state index contributed by atoms with van der Waals surface area (Å²) in [5.74, 6) is -0.677. The van der Waals surface area contributed by atoms with Crippen molar-refractivity contribution < 1.29 is 27.1 Å². The highest BCUT2D eigenvalue weighted by Gasteiger charge is 2.27. The molecule has 0 aliphatic rings. The van der Waals surface area contributed by atoms with E-state index in [1.807, 2.05) is 6.07 Å². The average molecular weight is 493 g/mol. The van der Waals surface area contributed by atoms with Crippen molar-refractivity contribution in [2.45, 2.75) is 17.4 Å². The second kappa shape index (κ2) is 10.7. The Labute approximate surface area is 196 Å². The summed E-state index contributed by atoms with van der Waals surface area (Å²) in [4.78, 5) is 12.9. The number of ether oxygens (including phenoxy) is 2. The summed E-state index contributed by atoms with van der Waals surface area (Å²) in [6.07, 6.45) is 0.0775. The molecule has 0 aliphatic heterocycles. The number of anilines is 1. The predicted octanol–water partition coefficient (Wildman–Crippen LogP) is 4.02. The molecule has 3 aromatic rings. The first kappa shape index (κ1) is 24.5. The van der Waals surface area contributed by atoms with Crippen molar-refractivity contribution in [1.29, 1.82) is 0 Å². The lowest BCUT2D eigenvalue weighted by atomic mass is 10.1. The highest BCUT2D eigenvalue weighted by molar-refractivity contribution is 7.89. The van der Waals surface area contributed by atoms with Crippen molar-refractivity contribution in [2.24, 2.45) is 0 Å². The Bertz CT molecular complexity index is 1240. The summed E-state index contributed by atoms with van der Waals surface area (Å²) in [6, 6.07) is 15.6. The average Bonchev–Trinajstić information content (AvgIpc) is 2.81. The van der Waals surface area contributed by atoms with Gasteiger partial charge in [-0.1, -0.05) is 41.9 Å². The van der Waals surface area contributed by atoms with Gasteiger partial charge in [0.05, 0.1) is 24.1 Å². The second-order valence-corrected chi connectivity index (χ2v) is 9.12. The van der Waals surface area contributed by atoms with Crippen molar-refractivity contribution >= 4 is 33.2 Å². The van der Waals surface area contributed by atoms with Gasteiger partial charge in [0, 0.05) is 11.8 Å².